The second kappa shape index (κ2) is 5.63. The lowest BCUT2D eigenvalue weighted by atomic mass is 9.82. The molecule has 6 heteroatoms. The van der Waals surface area contributed by atoms with Crippen LogP contribution < -0.4 is 16.2 Å². The van der Waals surface area contributed by atoms with E-state index in [9.17, 15) is 14.7 Å². The Kier molecular flexibility index (Phi) is 3.40. The fourth-order valence-corrected chi connectivity index (χ4v) is 3.06. The van der Waals surface area contributed by atoms with Gasteiger partial charge >= 0.3 is 0 Å². The zero-order valence-electron chi connectivity index (χ0n) is 13.5. The first-order valence-electron chi connectivity index (χ1n) is 7.84. The van der Waals surface area contributed by atoms with Crippen molar-refractivity contribution in [1.82, 2.24) is 0 Å². The van der Waals surface area contributed by atoms with Gasteiger partial charge in [0.1, 0.15) is 11.5 Å². The van der Waals surface area contributed by atoms with Crippen LogP contribution in [0.3, 0.4) is 0 Å². The molecule has 1 aliphatic rings. The molecular formula is C20H14N2O4. The van der Waals surface area contributed by atoms with Crippen molar-refractivity contribution < 1.29 is 19.4 Å². The minimum absolute atomic E-state index is 0.00641. The number of aromatic hydroxyl groups is 1. The average Bonchev–Trinajstić information content (AvgIpc) is 2.62. The van der Waals surface area contributed by atoms with Gasteiger partial charge in [-0.2, -0.15) is 0 Å². The molecule has 0 radical (unpaired) electrons. The SMILES string of the molecule is Nc1cccc(Oc2cc(O)c3c(c2N)C(=O)c2ccccc2C3=O)c1. The first-order valence-corrected chi connectivity index (χ1v) is 7.84. The summed E-state index contributed by atoms with van der Waals surface area (Å²) in [6.45, 7) is 0. The molecule has 3 aromatic carbocycles. The van der Waals surface area contributed by atoms with Gasteiger partial charge in [0.2, 0.25) is 0 Å². The fourth-order valence-electron chi connectivity index (χ4n) is 3.06. The molecule has 6 nitrogen and oxygen atoms in total. The summed E-state index contributed by atoms with van der Waals surface area (Å²) in [4.78, 5) is 25.6. The number of phenols is 1. The summed E-state index contributed by atoms with van der Waals surface area (Å²) in [6.07, 6.45) is 0. The van der Waals surface area contributed by atoms with Gasteiger partial charge in [-0.05, 0) is 12.1 Å². The standard InChI is InChI=1S/C20H14N2O4/c21-10-4-3-5-11(8-10)26-15-9-14(23)16-17(18(15)22)20(25)13-7-2-1-6-12(13)19(16)24/h1-9,23H,21-22H2. The maximum Gasteiger partial charge on any atom is 0.198 e. The van der Waals surface area contributed by atoms with Gasteiger partial charge < -0.3 is 21.3 Å². The van der Waals surface area contributed by atoms with Gasteiger partial charge in [0, 0.05) is 28.9 Å². The van der Waals surface area contributed by atoms with E-state index in [1.54, 1.807) is 48.5 Å². The van der Waals surface area contributed by atoms with Crippen molar-refractivity contribution in [2.24, 2.45) is 0 Å². The average molecular weight is 346 g/mol. The van der Waals surface area contributed by atoms with Crippen molar-refractivity contribution >= 4 is 22.9 Å². The maximum absolute atomic E-state index is 12.9. The molecule has 0 aliphatic heterocycles. The summed E-state index contributed by atoms with van der Waals surface area (Å²) in [7, 11) is 0. The number of benzene rings is 3. The zero-order chi connectivity index (χ0) is 18.4. The van der Waals surface area contributed by atoms with E-state index in [0.29, 0.717) is 11.4 Å². The number of nitrogen functional groups attached to an aromatic ring is 2. The van der Waals surface area contributed by atoms with Crippen LogP contribution in [-0.2, 0) is 0 Å². The van der Waals surface area contributed by atoms with Gasteiger partial charge in [0.15, 0.2) is 17.3 Å². The van der Waals surface area contributed by atoms with Crippen molar-refractivity contribution in [1.29, 1.82) is 0 Å². The van der Waals surface area contributed by atoms with Crippen LogP contribution in [0.25, 0.3) is 0 Å². The second-order valence-electron chi connectivity index (χ2n) is 5.94. The number of carbonyl (C=O) groups is 2. The Morgan fingerprint density at radius 2 is 1.46 bits per heavy atom. The third-order valence-electron chi connectivity index (χ3n) is 4.27. The van der Waals surface area contributed by atoms with Gasteiger partial charge in [-0.1, -0.05) is 30.3 Å². The minimum Gasteiger partial charge on any atom is -0.507 e. The minimum atomic E-state index is -0.449. The molecule has 1 aliphatic carbocycles. The number of carbonyl (C=O) groups excluding carboxylic acids is 2. The summed E-state index contributed by atoms with van der Waals surface area (Å²) in [5, 5.41) is 10.4. The van der Waals surface area contributed by atoms with E-state index in [4.69, 9.17) is 16.2 Å². The Hall–Kier alpha value is -3.80. The van der Waals surface area contributed by atoms with E-state index in [0.717, 1.165) is 0 Å². The van der Waals surface area contributed by atoms with Crippen LogP contribution in [0.5, 0.6) is 17.2 Å². The van der Waals surface area contributed by atoms with E-state index >= 15 is 0 Å². The monoisotopic (exact) mass is 346 g/mol. The lowest BCUT2D eigenvalue weighted by Crippen LogP contribution is -2.22. The molecule has 0 atom stereocenters. The Balaban J connectivity index is 1.88. The largest absolute Gasteiger partial charge is 0.507 e. The number of ether oxygens (including phenoxy) is 1. The molecule has 0 spiro atoms. The van der Waals surface area contributed by atoms with Gasteiger partial charge in [-0.25, -0.2) is 0 Å². The van der Waals surface area contributed by atoms with Crippen LogP contribution in [0.15, 0.2) is 54.6 Å². The zero-order valence-corrected chi connectivity index (χ0v) is 13.5. The van der Waals surface area contributed by atoms with E-state index in [2.05, 4.69) is 0 Å². The van der Waals surface area contributed by atoms with Crippen LogP contribution >= 0.6 is 0 Å². The van der Waals surface area contributed by atoms with Crippen LogP contribution in [0.1, 0.15) is 31.8 Å². The topological polar surface area (TPSA) is 116 Å². The normalized spacial score (nSPS) is 12.5. The number of rotatable bonds is 2. The van der Waals surface area contributed by atoms with Crippen molar-refractivity contribution in [3.63, 3.8) is 0 Å². The molecule has 0 saturated heterocycles. The molecule has 0 bridgehead atoms. The molecule has 5 N–H and O–H groups in total. The predicted octanol–water partition coefficient (Wildman–Crippen LogP) is 3.12. The highest BCUT2D eigenvalue weighted by Crippen LogP contribution is 2.42. The number of phenolic OH excluding ortho intramolecular Hbond substituents is 1. The molecule has 0 heterocycles. The molecule has 26 heavy (non-hydrogen) atoms. The Labute approximate surface area is 148 Å². The van der Waals surface area contributed by atoms with Crippen LogP contribution in [0, 0.1) is 0 Å². The van der Waals surface area contributed by atoms with Gasteiger partial charge in [0.25, 0.3) is 0 Å². The van der Waals surface area contributed by atoms with Crippen molar-refractivity contribution in [2.75, 3.05) is 11.5 Å². The molecule has 3 aromatic rings. The highest BCUT2D eigenvalue weighted by Gasteiger charge is 2.35. The molecule has 0 amide bonds. The highest BCUT2D eigenvalue weighted by atomic mass is 16.5. The summed E-state index contributed by atoms with van der Waals surface area (Å²) in [5.41, 5.74) is 12.7. The number of hydrogen-bond acceptors (Lipinski definition) is 6. The van der Waals surface area contributed by atoms with Crippen LogP contribution in [0.4, 0.5) is 11.4 Å². The van der Waals surface area contributed by atoms with Crippen molar-refractivity contribution in [2.45, 2.75) is 0 Å². The lowest BCUT2D eigenvalue weighted by molar-refractivity contribution is 0.0977. The van der Waals surface area contributed by atoms with Gasteiger partial charge in [0.05, 0.1) is 16.8 Å². The van der Waals surface area contributed by atoms with Crippen molar-refractivity contribution in [3.05, 3.63) is 76.9 Å². The van der Waals surface area contributed by atoms with Gasteiger partial charge in [-0.3, -0.25) is 9.59 Å². The molecule has 0 saturated carbocycles. The first-order chi connectivity index (χ1) is 12.5. The number of hydrogen-bond donors (Lipinski definition) is 3. The molecule has 4 rings (SSSR count). The van der Waals surface area contributed by atoms with E-state index < -0.39 is 11.6 Å². The Morgan fingerprint density at radius 3 is 2.12 bits per heavy atom. The molecule has 0 aromatic heterocycles. The van der Waals surface area contributed by atoms with Crippen molar-refractivity contribution in [3.8, 4) is 17.2 Å². The summed E-state index contributed by atoms with van der Waals surface area (Å²) >= 11 is 0. The summed E-state index contributed by atoms with van der Waals surface area (Å²) in [6, 6.07) is 14.3. The number of ketones is 2. The lowest BCUT2D eigenvalue weighted by Gasteiger charge is -2.21. The van der Waals surface area contributed by atoms with Crippen LogP contribution in [-0.4, -0.2) is 16.7 Å². The highest BCUT2D eigenvalue weighted by molar-refractivity contribution is 6.31. The van der Waals surface area contributed by atoms with E-state index in [1.807, 2.05) is 0 Å². The van der Waals surface area contributed by atoms with E-state index in [1.165, 1.54) is 6.07 Å². The molecule has 128 valence electrons. The molecule has 0 fully saturated rings. The molecule has 0 unspecified atom stereocenters. The quantitative estimate of drug-likeness (QED) is 0.379. The third kappa shape index (κ3) is 2.28. The maximum atomic E-state index is 12.9. The second-order valence-corrected chi connectivity index (χ2v) is 5.94. The number of nitrogens with two attached hydrogens (primary N) is 2. The Morgan fingerprint density at radius 1 is 0.808 bits per heavy atom. The first kappa shape index (κ1) is 15.7. The van der Waals surface area contributed by atoms with Gasteiger partial charge in [-0.15, -0.1) is 0 Å². The van der Waals surface area contributed by atoms with Crippen LogP contribution in [0.2, 0.25) is 0 Å². The summed E-state index contributed by atoms with van der Waals surface area (Å²) in [5.74, 6) is -0.768. The number of anilines is 2. The Bertz CT molecular complexity index is 1090. The summed E-state index contributed by atoms with van der Waals surface area (Å²) < 4.78 is 5.68. The van der Waals surface area contributed by atoms with E-state index in [-0.39, 0.29) is 39.4 Å². The molecular weight excluding hydrogens is 332 g/mol. The number of fused-ring (bicyclic) bond motifs is 2. The smallest absolute Gasteiger partial charge is 0.198 e. The predicted molar refractivity (Wildman–Crippen MR) is 96.8 cm³/mol. The third-order valence-corrected chi connectivity index (χ3v) is 4.27. The fraction of sp³-hybridized carbons (Fsp3) is 0.